The lowest BCUT2D eigenvalue weighted by atomic mass is 10.0. The van der Waals surface area contributed by atoms with Crippen LogP contribution in [-0.2, 0) is 33.3 Å². The minimum Gasteiger partial charge on any atom is -0.545 e. The van der Waals surface area contributed by atoms with Gasteiger partial charge in [0.05, 0.1) is 40.3 Å². The van der Waals surface area contributed by atoms with Gasteiger partial charge in [0.25, 0.3) is 0 Å². The number of rotatable bonds is 64. The van der Waals surface area contributed by atoms with Gasteiger partial charge in [-0.15, -0.1) is 0 Å². The summed E-state index contributed by atoms with van der Waals surface area (Å²) in [5, 5.41) is 11.8. The summed E-state index contributed by atoms with van der Waals surface area (Å²) in [4.78, 5) is 37.3. The van der Waals surface area contributed by atoms with E-state index in [9.17, 15) is 19.5 Å². The molecule has 2 unspecified atom stereocenters. The van der Waals surface area contributed by atoms with E-state index >= 15 is 0 Å². The Hall–Kier alpha value is -2.75. The summed E-state index contributed by atoms with van der Waals surface area (Å²) in [5.41, 5.74) is 0. The molecule has 9 heteroatoms. The van der Waals surface area contributed by atoms with E-state index in [0.717, 1.165) is 70.6 Å². The second kappa shape index (κ2) is 62.3. The zero-order chi connectivity index (χ0) is 58.3. The fraction of sp³-hybridized carbons (Fsp3) is 0.845. The molecule has 9 nitrogen and oxygen atoms in total. The number of ether oxygens (including phenoxy) is 4. The summed E-state index contributed by atoms with van der Waals surface area (Å²) in [6.07, 6.45) is 76.6. The molecule has 0 aromatic heterocycles. The van der Waals surface area contributed by atoms with E-state index in [1.54, 1.807) is 0 Å². The van der Waals surface area contributed by atoms with Gasteiger partial charge in [-0.1, -0.05) is 313 Å². The van der Waals surface area contributed by atoms with Gasteiger partial charge in [0, 0.05) is 12.8 Å². The van der Waals surface area contributed by atoms with Crippen LogP contribution in [0.15, 0.2) is 48.6 Å². The second-order valence-electron chi connectivity index (χ2n) is 24.4. The fourth-order valence-corrected chi connectivity index (χ4v) is 10.1. The van der Waals surface area contributed by atoms with E-state index in [-0.39, 0.29) is 38.6 Å². The van der Waals surface area contributed by atoms with Crippen LogP contribution < -0.4 is 5.11 Å². The highest BCUT2D eigenvalue weighted by Gasteiger charge is 2.22. The average molecular weight is 1130 g/mol. The van der Waals surface area contributed by atoms with Crippen LogP contribution >= 0.6 is 0 Å². The molecule has 468 valence electrons. The molecule has 0 amide bonds. The van der Waals surface area contributed by atoms with Crippen molar-refractivity contribution in [1.29, 1.82) is 0 Å². The molecule has 0 radical (unpaired) electrons. The monoisotopic (exact) mass is 1130 g/mol. The van der Waals surface area contributed by atoms with E-state index in [2.05, 4.69) is 62.5 Å². The second-order valence-corrected chi connectivity index (χ2v) is 24.4. The maximum atomic E-state index is 12.9. The molecule has 0 rings (SSSR count). The van der Waals surface area contributed by atoms with Crippen LogP contribution in [0.25, 0.3) is 0 Å². The first-order valence-corrected chi connectivity index (χ1v) is 34.3. The molecule has 0 fully saturated rings. The summed E-state index contributed by atoms with van der Waals surface area (Å²) in [6.45, 7) is 4.65. The Bertz CT molecular complexity index is 1450. The Balaban J connectivity index is 3.95. The molecule has 0 aliphatic heterocycles. The molecule has 0 heterocycles. The predicted octanol–water partition coefficient (Wildman–Crippen LogP) is 19.6. The number of carboxylic acid groups (broad SMARTS) is 1. The third-order valence-corrected chi connectivity index (χ3v) is 15.3. The molecular weight excluding hydrogens is 995 g/mol. The summed E-state index contributed by atoms with van der Waals surface area (Å²) in [7, 11) is 5.92. The Morgan fingerprint density at radius 2 is 0.713 bits per heavy atom. The Labute approximate surface area is 495 Å². The van der Waals surface area contributed by atoms with Crippen LogP contribution in [0.1, 0.15) is 328 Å². The minimum atomic E-state index is -1.63. The molecule has 0 aliphatic carbocycles. The molecule has 0 N–H and O–H groups in total. The van der Waals surface area contributed by atoms with Crippen molar-refractivity contribution in [1.82, 2.24) is 0 Å². The number of likely N-dealkylation sites (N-methyl/N-ethyl adjacent to an activating group) is 1. The van der Waals surface area contributed by atoms with Gasteiger partial charge in [0.2, 0.25) is 0 Å². The van der Waals surface area contributed by atoms with Gasteiger partial charge >= 0.3 is 11.9 Å². The van der Waals surface area contributed by atoms with Gasteiger partial charge < -0.3 is 33.3 Å². The zero-order valence-electron chi connectivity index (χ0n) is 53.5. The van der Waals surface area contributed by atoms with Crippen LogP contribution in [0, 0.1) is 0 Å². The lowest BCUT2D eigenvalue weighted by molar-refractivity contribution is -0.870. The number of carboxylic acids is 1. The maximum absolute atomic E-state index is 12.9. The fourth-order valence-electron chi connectivity index (χ4n) is 10.1. The first-order chi connectivity index (χ1) is 39.1. The third kappa shape index (κ3) is 62.8. The quantitative estimate of drug-likeness (QED) is 0.0195. The lowest BCUT2D eigenvalue weighted by Gasteiger charge is -2.26. The van der Waals surface area contributed by atoms with E-state index < -0.39 is 24.3 Å². The van der Waals surface area contributed by atoms with Crippen molar-refractivity contribution in [2.45, 2.75) is 341 Å². The summed E-state index contributed by atoms with van der Waals surface area (Å²) >= 11 is 0. The molecule has 0 aromatic carbocycles. The molecule has 0 saturated carbocycles. The van der Waals surface area contributed by atoms with Crippen molar-refractivity contribution in [3.63, 3.8) is 0 Å². The first kappa shape index (κ1) is 77.2. The van der Waals surface area contributed by atoms with Crippen LogP contribution in [-0.4, -0.2) is 82.3 Å². The number of hydrogen-bond acceptors (Lipinski definition) is 8. The Kier molecular flexibility index (Phi) is 60.2. The van der Waals surface area contributed by atoms with Crippen molar-refractivity contribution in [2.75, 3.05) is 47.5 Å². The molecular formula is C71H131NO8. The average Bonchev–Trinajstić information content (AvgIpc) is 3.43. The zero-order valence-corrected chi connectivity index (χ0v) is 53.5. The number of allylic oxidation sites excluding steroid dienone is 8. The van der Waals surface area contributed by atoms with Crippen molar-refractivity contribution in [3.05, 3.63) is 48.6 Å². The van der Waals surface area contributed by atoms with Crippen molar-refractivity contribution in [3.8, 4) is 0 Å². The number of aliphatic carboxylic acids is 1. The summed E-state index contributed by atoms with van der Waals surface area (Å²) in [5.74, 6) is -2.30. The number of carbonyl (C=O) groups excluding carboxylic acids is 3. The van der Waals surface area contributed by atoms with E-state index in [1.165, 1.54) is 225 Å². The van der Waals surface area contributed by atoms with Crippen molar-refractivity contribution < 1.29 is 42.9 Å². The highest BCUT2D eigenvalue weighted by atomic mass is 16.7. The highest BCUT2D eigenvalue weighted by Crippen LogP contribution is 2.19. The van der Waals surface area contributed by atoms with Gasteiger partial charge in [-0.25, -0.2) is 0 Å². The molecule has 80 heavy (non-hydrogen) atoms. The molecule has 0 aliphatic rings. The molecule has 0 spiro atoms. The largest absolute Gasteiger partial charge is 0.545 e. The highest BCUT2D eigenvalue weighted by molar-refractivity contribution is 5.70. The van der Waals surface area contributed by atoms with Crippen molar-refractivity contribution >= 4 is 17.9 Å². The van der Waals surface area contributed by atoms with Gasteiger partial charge in [-0.2, -0.15) is 0 Å². The van der Waals surface area contributed by atoms with E-state index in [0.29, 0.717) is 17.4 Å². The Morgan fingerprint density at radius 1 is 0.388 bits per heavy atom. The Morgan fingerprint density at radius 3 is 1.06 bits per heavy atom. The van der Waals surface area contributed by atoms with Crippen LogP contribution in [0.5, 0.6) is 0 Å². The predicted molar refractivity (Wildman–Crippen MR) is 339 cm³/mol. The van der Waals surface area contributed by atoms with Crippen LogP contribution in [0.4, 0.5) is 0 Å². The normalized spacial score (nSPS) is 13.0. The maximum Gasteiger partial charge on any atom is 0.306 e. The summed E-state index contributed by atoms with van der Waals surface area (Å²) in [6, 6.07) is 0. The van der Waals surface area contributed by atoms with E-state index in [4.69, 9.17) is 18.9 Å². The van der Waals surface area contributed by atoms with Gasteiger partial charge in [-0.3, -0.25) is 9.59 Å². The number of quaternary nitrogens is 1. The topological polar surface area (TPSA) is 111 Å². The minimum absolute atomic E-state index is 0.143. The third-order valence-electron chi connectivity index (χ3n) is 15.3. The molecule has 0 bridgehead atoms. The van der Waals surface area contributed by atoms with Crippen LogP contribution in [0.3, 0.4) is 0 Å². The number of hydrogen-bond donors (Lipinski definition) is 0. The van der Waals surface area contributed by atoms with Crippen molar-refractivity contribution in [2.24, 2.45) is 0 Å². The number of carbonyl (C=O) groups is 3. The summed E-state index contributed by atoms with van der Waals surface area (Å²) < 4.78 is 22.7. The number of unbranched alkanes of at least 4 members (excludes halogenated alkanes) is 41. The van der Waals surface area contributed by atoms with Gasteiger partial charge in [0.1, 0.15) is 13.2 Å². The molecule has 0 saturated heterocycles. The SMILES string of the molecule is CC/C=C\C/C=C\C/C=C\C/C=C\CCCCCCC(=O)OC(COC(=O)CCCCCCCCCCCCCCCCCCCCCCCCCCCCCCCCCCCCCCCC)COC(OCC[N+](C)(C)C)C(=O)[O-]. The molecule has 0 aromatic rings. The number of nitrogens with zero attached hydrogens (tertiary/aromatic N) is 1. The lowest BCUT2D eigenvalue weighted by Crippen LogP contribution is -2.44. The standard InChI is InChI=1S/C71H131NO8/c1-6-8-10-12-14-16-18-20-22-24-25-26-27-28-29-30-31-32-33-34-35-36-37-38-39-40-41-42-43-44-46-47-49-51-53-55-57-59-61-68(73)78-65-67(66-79-71(70(75)76)77-64-63-72(3,4)5)80-69(74)62-60-58-56-54-52-50-48-45-23-21-19-17-15-13-11-9-7-2/h9,11,15,17,21,23,48,50,67,71H,6-8,10,12-14,16,18-20,22,24-47,49,51-66H2,1-5H3/b11-9-,17-15-,23-21-,50-48-. The first-order valence-electron chi connectivity index (χ1n) is 34.3. The number of esters is 2. The smallest absolute Gasteiger partial charge is 0.306 e. The molecule has 2 atom stereocenters. The van der Waals surface area contributed by atoms with Gasteiger partial charge in [0.15, 0.2) is 12.4 Å². The van der Waals surface area contributed by atoms with E-state index in [1.807, 2.05) is 21.1 Å². The van der Waals surface area contributed by atoms with Crippen LogP contribution in [0.2, 0.25) is 0 Å². The van der Waals surface area contributed by atoms with Gasteiger partial charge in [-0.05, 0) is 51.4 Å².